The molecule has 2 aromatic rings. The molecule has 1 unspecified atom stereocenters. The largest absolute Gasteiger partial charge is 0.338 e. The molecule has 1 fully saturated rings. The molecule has 0 bridgehead atoms. The monoisotopic (exact) mass is 370 g/mol. The normalized spacial score (nSPS) is 17.6. The van der Waals surface area contributed by atoms with E-state index in [1.165, 1.54) is 27.8 Å². The van der Waals surface area contributed by atoms with Crippen LogP contribution in [0.5, 0.6) is 0 Å². The van der Waals surface area contributed by atoms with Crippen LogP contribution < -0.4 is 5.73 Å². The third-order valence-electron chi connectivity index (χ3n) is 5.69. The molecule has 3 nitrogen and oxygen atoms in total. The minimum atomic E-state index is 0. The number of carbonyl (C=O) groups excluding carboxylic acids is 1. The molecule has 0 saturated carbocycles. The number of aryl methyl sites for hydroxylation is 1. The van der Waals surface area contributed by atoms with Gasteiger partial charge in [0.05, 0.1) is 0 Å². The van der Waals surface area contributed by atoms with Gasteiger partial charge in [-0.05, 0) is 59.9 Å². The van der Waals surface area contributed by atoms with Crippen LogP contribution in [-0.2, 0) is 17.6 Å². The Balaban J connectivity index is 0.00000196. The zero-order chi connectivity index (χ0) is 17.2. The topological polar surface area (TPSA) is 46.3 Å². The number of hydrogen-bond donors (Lipinski definition) is 1. The number of halogens is 1. The lowest BCUT2D eigenvalue weighted by Crippen LogP contribution is -2.39. The fraction of sp³-hybridized carbons (Fsp3) is 0.409. The molecule has 2 aliphatic rings. The van der Waals surface area contributed by atoms with E-state index >= 15 is 0 Å². The van der Waals surface area contributed by atoms with Crippen LogP contribution in [0.3, 0.4) is 0 Å². The summed E-state index contributed by atoms with van der Waals surface area (Å²) in [5, 5.41) is 0. The van der Waals surface area contributed by atoms with Gasteiger partial charge >= 0.3 is 0 Å². The zero-order valence-electron chi connectivity index (χ0n) is 15.1. The molecule has 26 heavy (non-hydrogen) atoms. The Morgan fingerprint density at radius 2 is 1.92 bits per heavy atom. The van der Waals surface area contributed by atoms with Crippen molar-refractivity contribution in [2.45, 2.75) is 44.6 Å². The minimum Gasteiger partial charge on any atom is -0.338 e. The zero-order valence-corrected chi connectivity index (χ0v) is 15.9. The van der Waals surface area contributed by atoms with Crippen molar-refractivity contribution in [3.05, 3.63) is 59.2 Å². The average Bonchev–Trinajstić information content (AvgIpc) is 3.25. The van der Waals surface area contributed by atoms with Gasteiger partial charge in [0.15, 0.2) is 0 Å². The van der Waals surface area contributed by atoms with Gasteiger partial charge in [-0.25, -0.2) is 0 Å². The quantitative estimate of drug-likeness (QED) is 0.739. The van der Waals surface area contributed by atoms with Crippen LogP contribution in [0.15, 0.2) is 42.5 Å². The van der Waals surface area contributed by atoms with E-state index in [0.717, 1.165) is 38.6 Å². The Bertz CT molecular complexity index is 789. The van der Waals surface area contributed by atoms with E-state index in [1.807, 2.05) is 4.90 Å². The molecule has 1 aliphatic carbocycles. The molecule has 1 aliphatic heterocycles. The number of carbonyl (C=O) groups is 1. The second kappa shape index (κ2) is 8.24. The molecule has 1 amide bonds. The fourth-order valence-electron chi connectivity index (χ4n) is 4.32. The first kappa shape index (κ1) is 18.9. The highest BCUT2D eigenvalue weighted by atomic mass is 35.5. The van der Waals surface area contributed by atoms with Crippen molar-refractivity contribution in [2.24, 2.45) is 5.73 Å². The summed E-state index contributed by atoms with van der Waals surface area (Å²) in [5.74, 6) is 0.277. The van der Waals surface area contributed by atoms with Gasteiger partial charge in [-0.2, -0.15) is 0 Å². The maximum Gasteiger partial charge on any atom is 0.222 e. The van der Waals surface area contributed by atoms with Crippen molar-refractivity contribution in [1.82, 2.24) is 4.90 Å². The molecule has 0 aromatic heterocycles. The fourth-order valence-corrected chi connectivity index (χ4v) is 4.32. The Hall–Kier alpha value is -1.84. The maximum atomic E-state index is 12.4. The molecule has 4 heteroatoms. The van der Waals surface area contributed by atoms with Crippen LogP contribution in [0, 0.1) is 0 Å². The van der Waals surface area contributed by atoms with E-state index in [2.05, 4.69) is 42.5 Å². The number of fused-ring (bicyclic) bond motifs is 3. The smallest absolute Gasteiger partial charge is 0.222 e. The van der Waals surface area contributed by atoms with Gasteiger partial charge in [-0.15, -0.1) is 12.4 Å². The van der Waals surface area contributed by atoms with Gasteiger partial charge < -0.3 is 10.6 Å². The SMILES string of the molecule is Cl.NCC1CCCN1C(=O)CCCc1ccc2c(c1)-c1ccccc1C2. The molecule has 1 atom stereocenters. The van der Waals surface area contributed by atoms with Gasteiger partial charge in [-0.3, -0.25) is 4.79 Å². The van der Waals surface area contributed by atoms with Gasteiger partial charge in [0.1, 0.15) is 0 Å². The number of nitrogens with two attached hydrogens (primary N) is 1. The van der Waals surface area contributed by atoms with Gasteiger partial charge in [0.2, 0.25) is 5.91 Å². The van der Waals surface area contributed by atoms with E-state index in [9.17, 15) is 4.79 Å². The second-order valence-corrected chi connectivity index (χ2v) is 7.30. The van der Waals surface area contributed by atoms with Crippen LogP contribution in [0.4, 0.5) is 0 Å². The number of rotatable bonds is 5. The second-order valence-electron chi connectivity index (χ2n) is 7.30. The van der Waals surface area contributed by atoms with E-state index in [0.29, 0.717) is 13.0 Å². The van der Waals surface area contributed by atoms with Crippen LogP contribution in [0.2, 0.25) is 0 Å². The number of likely N-dealkylation sites (tertiary alicyclic amines) is 1. The van der Waals surface area contributed by atoms with Crippen molar-refractivity contribution in [2.75, 3.05) is 13.1 Å². The lowest BCUT2D eigenvalue weighted by molar-refractivity contribution is -0.131. The Morgan fingerprint density at radius 3 is 2.77 bits per heavy atom. The van der Waals surface area contributed by atoms with Crippen molar-refractivity contribution in [3.8, 4) is 11.1 Å². The highest BCUT2D eigenvalue weighted by Crippen LogP contribution is 2.37. The van der Waals surface area contributed by atoms with Crippen LogP contribution in [0.25, 0.3) is 11.1 Å². The standard InChI is InChI=1S/C22H26N2O.ClH/c23-15-19-7-4-12-24(19)22(25)9-3-5-16-10-11-18-14-17-6-1-2-8-20(17)21(18)13-16;/h1-2,6,8,10-11,13,19H,3-5,7,9,12,14-15,23H2;1H. The first-order chi connectivity index (χ1) is 12.3. The van der Waals surface area contributed by atoms with Gasteiger partial charge in [-0.1, -0.05) is 42.5 Å². The molecule has 1 heterocycles. The van der Waals surface area contributed by atoms with E-state index in [-0.39, 0.29) is 24.4 Å². The number of benzene rings is 2. The first-order valence-corrected chi connectivity index (χ1v) is 9.46. The summed E-state index contributed by atoms with van der Waals surface area (Å²) in [6.07, 6.45) is 5.70. The summed E-state index contributed by atoms with van der Waals surface area (Å²) in [5.41, 5.74) is 12.7. The van der Waals surface area contributed by atoms with E-state index < -0.39 is 0 Å². The van der Waals surface area contributed by atoms with E-state index in [1.54, 1.807) is 0 Å². The molecule has 1 saturated heterocycles. The molecular formula is C22H27ClN2O. The third kappa shape index (κ3) is 3.65. The molecule has 4 rings (SSSR count). The summed E-state index contributed by atoms with van der Waals surface area (Å²) in [7, 11) is 0. The first-order valence-electron chi connectivity index (χ1n) is 9.46. The highest BCUT2D eigenvalue weighted by Gasteiger charge is 2.26. The molecule has 138 valence electrons. The van der Waals surface area contributed by atoms with Crippen LogP contribution >= 0.6 is 12.4 Å². The van der Waals surface area contributed by atoms with Crippen molar-refractivity contribution >= 4 is 18.3 Å². The van der Waals surface area contributed by atoms with Crippen molar-refractivity contribution < 1.29 is 4.79 Å². The highest BCUT2D eigenvalue weighted by molar-refractivity contribution is 5.85. The molecular weight excluding hydrogens is 344 g/mol. The Kier molecular flexibility index (Phi) is 6.00. The summed E-state index contributed by atoms with van der Waals surface area (Å²) < 4.78 is 0. The molecule has 0 radical (unpaired) electrons. The summed E-state index contributed by atoms with van der Waals surface area (Å²) >= 11 is 0. The third-order valence-corrected chi connectivity index (χ3v) is 5.69. The van der Waals surface area contributed by atoms with Crippen molar-refractivity contribution in [3.63, 3.8) is 0 Å². The summed E-state index contributed by atoms with van der Waals surface area (Å²) in [6, 6.07) is 15.7. The number of amides is 1. The molecule has 2 N–H and O–H groups in total. The average molecular weight is 371 g/mol. The minimum absolute atomic E-state index is 0. The molecule has 2 aromatic carbocycles. The van der Waals surface area contributed by atoms with Gasteiger partial charge in [0.25, 0.3) is 0 Å². The Labute approximate surface area is 162 Å². The predicted octanol–water partition coefficient (Wildman–Crippen LogP) is 3.95. The number of nitrogens with zero attached hydrogens (tertiary/aromatic N) is 1. The van der Waals surface area contributed by atoms with Crippen LogP contribution in [-0.4, -0.2) is 29.9 Å². The van der Waals surface area contributed by atoms with Gasteiger partial charge in [0, 0.05) is 25.6 Å². The van der Waals surface area contributed by atoms with Crippen molar-refractivity contribution in [1.29, 1.82) is 0 Å². The summed E-state index contributed by atoms with van der Waals surface area (Å²) in [4.78, 5) is 14.4. The summed E-state index contributed by atoms with van der Waals surface area (Å²) in [6.45, 7) is 1.48. The lowest BCUT2D eigenvalue weighted by atomic mass is 10.00. The van der Waals surface area contributed by atoms with E-state index in [4.69, 9.17) is 5.73 Å². The predicted molar refractivity (Wildman–Crippen MR) is 109 cm³/mol. The Morgan fingerprint density at radius 1 is 1.12 bits per heavy atom. The molecule has 0 spiro atoms. The number of hydrogen-bond acceptors (Lipinski definition) is 2. The lowest BCUT2D eigenvalue weighted by Gasteiger charge is -2.23. The van der Waals surface area contributed by atoms with Crippen LogP contribution in [0.1, 0.15) is 42.4 Å². The maximum absolute atomic E-state index is 12.4.